The zero-order chi connectivity index (χ0) is 20.8. The van der Waals surface area contributed by atoms with Gasteiger partial charge < -0.3 is 19.7 Å². The average molecular weight is 410 g/mol. The van der Waals surface area contributed by atoms with Crippen LogP contribution in [0, 0.1) is 0 Å². The van der Waals surface area contributed by atoms with Crippen molar-refractivity contribution in [3.05, 3.63) is 70.8 Å². The second-order valence-electron chi connectivity index (χ2n) is 8.02. The number of fused-ring (bicyclic) bond motifs is 1. The summed E-state index contributed by atoms with van der Waals surface area (Å²) in [5, 5.41) is 3.01. The molecule has 2 N–H and O–H groups in total. The quantitative estimate of drug-likeness (QED) is 0.709. The molecule has 158 valence electrons. The van der Waals surface area contributed by atoms with Gasteiger partial charge in [0.1, 0.15) is 19.6 Å². The normalized spacial score (nSPS) is 19.0. The van der Waals surface area contributed by atoms with Gasteiger partial charge >= 0.3 is 5.97 Å². The zero-order valence-electron chi connectivity index (χ0n) is 17.2. The Bertz CT molecular complexity index is 875. The number of hydrogen-bond donors (Lipinski definition) is 2. The smallest absolute Gasteiger partial charge is 0.338 e. The molecule has 1 atom stereocenters. The van der Waals surface area contributed by atoms with Gasteiger partial charge in [0.15, 0.2) is 6.61 Å². The van der Waals surface area contributed by atoms with E-state index in [4.69, 9.17) is 9.47 Å². The maximum absolute atomic E-state index is 12.3. The van der Waals surface area contributed by atoms with Crippen LogP contribution in [0.4, 0.5) is 0 Å². The number of esters is 1. The number of morpholine rings is 1. The molecule has 2 aromatic carbocycles. The first kappa shape index (κ1) is 20.6. The van der Waals surface area contributed by atoms with Crippen LogP contribution in [0.1, 0.15) is 45.9 Å². The summed E-state index contributed by atoms with van der Waals surface area (Å²) in [4.78, 5) is 26.1. The molecule has 4 rings (SSSR count). The van der Waals surface area contributed by atoms with Crippen LogP contribution in [0.25, 0.3) is 0 Å². The van der Waals surface area contributed by atoms with Crippen molar-refractivity contribution >= 4 is 11.9 Å². The van der Waals surface area contributed by atoms with Crippen molar-refractivity contribution < 1.29 is 24.0 Å². The number of ether oxygens (including phenoxy) is 2. The highest BCUT2D eigenvalue weighted by atomic mass is 16.5. The minimum Gasteiger partial charge on any atom is -0.452 e. The first-order chi connectivity index (χ1) is 14.7. The van der Waals surface area contributed by atoms with Gasteiger partial charge in [0.2, 0.25) is 0 Å². The van der Waals surface area contributed by atoms with Gasteiger partial charge in [0.25, 0.3) is 5.91 Å². The molecule has 1 amide bonds. The van der Waals surface area contributed by atoms with Gasteiger partial charge in [-0.15, -0.1) is 0 Å². The molecule has 0 spiro atoms. The molecular formula is C24H29N2O4+. The van der Waals surface area contributed by atoms with E-state index in [1.54, 1.807) is 12.1 Å². The van der Waals surface area contributed by atoms with Gasteiger partial charge in [-0.1, -0.05) is 36.4 Å². The molecule has 6 heteroatoms. The largest absolute Gasteiger partial charge is 0.452 e. The van der Waals surface area contributed by atoms with E-state index in [0.29, 0.717) is 5.56 Å². The fourth-order valence-electron chi connectivity index (χ4n) is 4.24. The SMILES string of the molecule is O=C(COC(=O)c1ccc(C[NH+]2CCOCC2)cc1)N[C@H]1CCCc2ccccc21. The van der Waals surface area contributed by atoms with E-state index < -0.39 is 5.97 Å². The van der Waals surface area contributed by atoms with Gasteiger partial charge in [0.05, 0.1) is 24.8 Å². The third-order valence-electron chi connectivity index (χ3n) is 5.88. The number of nitrogens with one attached hydrogen (secondary N) is 2. The Balaban J connectivity index is 1.26. The van der Waals surface area contributed by atoms with Crippen molar-refractivity contribution in [2.24, 2.45) is 0 Å². The number of benzene rings is 2. The van der Waals surface area contributed by atoms with Gasteiger partial charge in [0, 0.05) is 5.56 Å². The Morgan fingerprint density at radius 1 is 1.07 bits per heavy atom. The number of quaternary nitrogens is 1. The lowest BCUT2D eigenvalue weighted by atomic mass is 9.88. The molecule has 0 radical (unpaired) electrons. The minimum absolute atomic E-state index is 0.0110. The van der Waals surface area contributed by atoms with Crippen LogP contribution in [0.2, 0.25) is 0 Å². The summed E-state index contributed by atoms with van der Waals surface area (Å²) in [6, 6.07) is 15.6. The molecule has 1 fully saturated rings. The molecule has 1 saturated heterocycles. The molecule has 1 aliphatic carbocycles. The highest BCUT2D eigenvalue weighted by Crippen LogP contribution is 2.29. The summed E-state index contributed by atoms with van der Waals surface area (Å²) in [7, 11) is 0. The Hall–Kier alpha value is -2.70. The van der Waals surface area contributed by atoms with Crippen LogP contribution in [0.5, 0.6) is 0 Å². The predicted octanol–water partition coefficient (Wildman–Crippen LogP) is 1.45. The third kappa shape index (κ3) is 5.26. The molecule has 1 heterocycles. The summed E-state index contributed by atoms with van der Waals surface area (Å²) in [5.74, 6) is -0.739. The molecule has 1 aliphatic heterocycles. The van der Waals surface area contributed by atoms with E-state index in [0.717, 1.165) is 52.1 Å². The topological polar surface area (TPSA) is 69.1 Å². The summed E-state index contributed by atoms with van der Waals surface area (Å²) in [5.41, 5.74) is 4.09. The molecule has 2 aliphatic rings. The Morgan fingerprint density at radius 3 is 2.63 bits per heavy atom. The number of aryl methyl sites for hydroxylation is 1. The van der Waals surface area contributed by atoms with E-state index in [-0.39, 0.29) is 18.6 Å². The number of carbonyl (C=O) groups is 2. The molecule has 0 saturated carbocycles. The maximum atomic E-state index is 12.3. The number of amides is 1. The summed E-state index contributed by atoms with van der Waals surface area (Å²) >= 11 is 0. The molecular weight excluding hydrogens is 380 g/mol. The second-order valence-corrected chi connectivity index (χ2v) is 8.02. The van der Waals surface area contributed by atoms with E-state index >= 15 is 0 Å². The minimum atomic E-state index is -0.473. The fraction of sp³-hybridized carbons (Fsp3) is 0.417. The van der Waals surface area contributed by atoms with Crippen molar-refractivity contribution in [3.8, 4) is 0 Å². The summed E-state index contributed by atoms with van der Waals surface area (Å²) < 4.78 is 10.6. The molecule has 0 aromatic heterocycles. The Morgan fingerprint density at radius 2 is 1.83 bits per heavy atom. The fourth-order valence-corrected chi connectivity index (χ4v) is 4.24. The van der Waals surface area contributed by atoms with Gasteiger partial charge in [-0.25, -0.2) is 4.79 Å². The van der Waals surface area contributed by atoms with Crippen LogP contribution < -0.4 is 10.2 Å². The van der Waals surface area contributed by atoms with Crippen LogP contribution in [0.3, 0.4) is 0 Å². The molecule has 2 aromatic rings. The lowest BCUT2D eigenvalue weighted by Crippen LogP contribution is -3.12. The lowest BCUT2D eigenvalue weighted by Gasteiger charge is -2.26. The molecule has 0 unspecified atom stereocenters. The van der Waals surface area contributed by atoms with Crippen LogP contribution >= 0.6 is 0 Å². The highest BCUT2D eigenvalue weighted by Gasteiger charge is 2.22. The van der Waals surface area contributed by atoms with Crippen molar-refractivity contribution in [3.63, 3.8) is 0 Å². The second kappa shape index (κ2) is 9.87. The van der Waals surface area contributed by atoms with Crippen molar-refractivity contribution in [1.29, 1.82) is 0 Å². The molecule has 0 bridgehead atoms. The molecule has 6 nitrogen and oxygen atoms in total. The van der Waals surface area contributed by atoms with Crippen molar-refractivity contribution in [2.45, 2.75) is 31.8 Å². The number of carbonyl (C=O) groups excluding carboxylic acids is 2. The average Bonchev–Trinajstić information content (AvgIpc) is 2.79. The first-order valence-electron chi connectivity index (χ1n) is 10.7. The van der Waals surface area contributed by atoms with Gasteiger partial charge in [-0.2, -0.15) is 0 Å². The third-order valence-corrected chi connectivity index (χ3v) is 5.88. The predicted molar refractivity (Wildman–Crippen MR) is 112 cm³/mol. The lowest BCUT2D eigenvalue weighted by molar-refractivity contribution is -0.921. The number of rotatable bonds is 6. The number of hydrogen-bond acceptors (Lipinski definition) is 4. The standard InChI is InChI=1S/C24H28N2O4/c27-23(25-22-7-3-5-19-4-1-2-6-21(19)22)17-30-24(28)20-10-8-18(9-11-20)16-26-12-14-29-15-13-26/h1-2,4,6,8-11,22H,3,5,7,12-17H2,(H,25,27)/p+1/t22-/m0/s1. The van der Waals surface area contributed by atoms with Gasteiger partial charge in [-0.05, 0) is 42.5 Å². The van der Waals surface area contributed by atoms with E-state index in [2.05, 4.69) is 17.4 Å². The summed E-state index contributed by atoms with van der Waals surface area (Å²) in [6.07, 6.45) is 2.99. The highest BCUT2D eigenvalue weighted by molar-refractivity contribution is 5.91. The van der Waals surface area contributed by atoms with Crippen molar-refractivity contribution in [2.75, 3.05) is 32.9 Å². The zero-order valence-corrected chi connectivity index (χ0v) is 17.2. The van der Waals surface area contributed by atoms with Crippen LogP contribution in [0.15, 0.2) is 48.5 Å². The van der Waals surface area contributed by atoms with Crippen molar-refractivity contribution in [1.82, 2.24) is 5.32 Å². The molecule has 30 heavy (non-hydrogen) atoms. The van der Waals surface area contributed by atoms with Crippen LogP contribution in [-0.2, 0) is 27.2 Å². The Kier molecular flexibility index (Phi) is 6.77. The monoisotopic (exact) mass is 409 g/mol. The van der Waals surface area contributed by atoms with E-state index in [1.165, 1.54) is 21.6 Å². The van der Waals surface area contributed by atoms with E-state index in [1.807, 2.05) is 24.3 Å². The van der Waals surface area contributed by atoms with E-state index in [9.17, 15) is 9.59 Å². The Labute approximate surface area is 177 Å². The van der Waals surface area contributed by atoms with Gasteiger partial charge in [-0.3, -0.25) is 4.79 Å². The first-order valence-corrected chi connectivity index (χ1v) is 10.7. The summed E-state index contributed by atoms with van der Waals surface area (Å²) in [6.45, 7) is 4.26. The maximum Gasteiger partial charge on any atom is 0.338 e. The van der Waals surface area contributed by atoms with Crippen LogP contribution in [-0.4, -0.2) is 44.8 Å².